The van der Waals surface area contributed by atoms with Crippen molar-refractivity contribution in [1.82, 2.24) is 4.31 Å². The van der Waals surface area contributed by atoms with Crippen LogP contribution in [0.3, 0.4) is 0 Å². The number of aromatic carboxylic acids is 1. The van der Waals surface area contributed by atoms with Gasteiger partial charge >= 0.3 is 16.2 Å². The number of piperidine rings is 1. The summed E-state index contributed by atoms with van der Waals surface area (Å²) in [6.45, 7) is 0.614. The fourth-order valence-corrected chi connectivity index (χ4v) is 3.43. The second-order valence-corrected chi connectivity index (χ2v) is 6.35. The van der Waals surface area contributed by atoms with E-state index in [9.17, 15) is 22.0 Å². The van der Waals surface area contributed by atoms with Crippen LogP contribution in [-0.2, 0) is 10.2 Å². The van der Waals surface area contributed by atoms with E-state index in [0.717, 1.165) is 10.7 Å². The molecular formula is C12H14F2N2O4S. The molecule has 1 saturated heterocycles. The second kappa shape index (κ2) is 5.94. The molecule has 0 unspecified atom stereocenters. The molecule has 9 heteroatoms. The number of nitrogens with zero attached hydrogens (tertiary/aromatic N) is 1. The molecule has 116 valence electrons. The summed E-state index contributed by atoms with van der Waals surface area (Å²) >= 11 is 0. The lowest BCUT2D eigenvalue weighted by atomic mass is 10.2. The quantitative estimate of drug-likeness (QED) is 0.886. The first-order chi connectivity index (χ1) is 9.81. The van der Waals surface area contributed by atoms with Crippen molar-refractivity contribution >= 4 is 21.9 Å². The molecule has 0 spiro atoms. The average molecular weight is 320 g/mol. The van der Waals surface area contributed by atoms with Crippen molar-refractivity contribution in [3.63, 3.8) is 0 Å². The first-order valence-corrected chi connectivity index (χ1v) is 7.75. The van der Waals surface area contributed by atoms with Crippen LogP contribution in [0.1, 0.15) is 29.6 Å². The van der Waals surface area contributed by atoms with Gasteiger partial charge in [-0.05, 0) is 18.9 Å². The molecule has 2 N–H and O–H groups in total. The lowest BCUT2D eigenvalue weighted by molar-refractivity contribution is 0.0697. The maximum Gasteiger partial charge on any atom is 0.337 e. The fraction of sp³-hybridized carbons (Fsp3) is 0.417. The van der Waals surface area contributed by atoms with Crippen LogP contribution in [0.15, 0.2) is 12.1 Å². The van der Waals surface area contributed by atoms with Crippen LogP contribution in [0.25, 0.3) is 0 Å². The van der Waals surface area contributed by atoms with E-state index in [1.54, 1.807) is 0 Å². The van der Waals surface area contributed by atoms with Crippen LogP contribution >= 0.6 is 0 Å². The maximum atomic E-state index is 13.2. The third-order valence-corrected chi connectivity index (χ3v) is 4.71. The van der Waals surface area contributed by atoms with Gasteiger partial charge in [0.2, 0.25) is 0 Å². The third-order valence-electron chi connectivity index (χ3n) is 3.18. The van der Waals surface area contributed by atoms with Gasteiger partial charge in [0.25, 0.3) is 0 Å². The van der Waals surface area contributed by atoms with Crippen molar-refractivity contribution in [2.75, 3.05) is 17.8 Å². The van der Waals surface area contributed by atoms with Crippen molar-refractivity contribution in [2.45, 2.75) is 19.3 Å². The number of rotatable bonds is 4. The molecule has 6 nitrogen and oxygen atoms in total. The van der Waals surface area contributed by atoms with Crippen molar-refractivity contribution in [3.05, 3.63) is 29.3 Å². The van der Waals surface area contributed by atoms with Gasteiger partial charge in [-0.2, -0.15) is 12.7 Å². The Kier molecular flexibility index (Phi) is 4.43. The van der Waals surface area contributed by atoms with E-state index in [4.69, 9.17) is 5.11 Å². The number of nitrogens with one attached hydrogen (secondary N) is 1. The molecule has 0 saturated carbocycles. The summed E-state index contributed by atoms with van der Waals surface area (Å²) in [5.74, 6) is -4.23. The molecule has 1 aliphatic heterocycles. The van der Waals surface area contributed by atoms with Crippen molar-refractivity contribution < 1.29 is 27.1 Å². The Balaban J connectivity index is 2.33. The molecule has 0 aromatic heterocycles. The molecule has 1 fully saturated rings. The Morgan fingerprint density at radius 3 is 2.29 bits per heavy atom. The minimum atomic E-state index is -3.99. The molecule has 2 rings (SSSR count). The van der Waals surface area contributed by atoms with Gasteiger partial charge in [-0.15, -0.1) is 0 Å². The number of carboxylic acid groups (broad SMARTS) is 1. The van der Waals surface area contributed by atoms with Crippen molar-refractivity contribution in [1.29, 1.82) is 0 Å². The van der Waals surface area contributed by atoms with E-state index < -0.39 is 39.1 Å². The Morgan fingerprint density at radius 2 is 1.71 bits per heavy atom. The van der Waals surface area contributed by atoms with E-state index in [1.807, 2.05) is 4.72 Å². The predicted octanol–water partition coefficient (Wildman–Crippen LogP) is 1.81. The first kappa shape index (κ1) is 15.6. The SMILES string of the molecule is O=C(O)c1cc(F)c(F)cc1NS(=O)(=O)N1CCCCC1. The topological polar surface area (TPSA) is 86.7 Å². The average Bonchev–Trinajstić information content (AvgIpc) is 2.43. The first-order valence-electron chi connectivity index (χ1n) is 6.31. The van der Waals surface area contributed by atoms with Gasteiger partial charge in [-0.1, -0.05) is 6.42 Å². The number of anilines is 1. The molecule has 1 aliphatic rings. The number of carboxylic acids is 1. The van der Waals surface area contributed by atoms with Crippen LogP contribution in [0.5, 0.6) is 0 Å². The number of carbonyl (C=O) groups is 1. The highest BCUT2D eigenvalue weighted by Crippen LogP contribution is 2.23. The number of hydrogen-bond acceptors (Lipinski definition) is 3. The Morgan fingerprint density at radius 1 is 1.14 bits per heavy atom. The van der Waals surface area contributed by atoms with Gasteiger partial charge in [0.1, 0.15) is 0 Å². The standard InChI is InChI=1S/C12H14F2N2O4S/c13-9-6-8(12(17)18)11(7-10(9)14)15-21(19,20)16-4-2-1-3-5-16/h6-7,15H,1-5H2,(H,17,18). The molecule has 21 heavy (non-hydrogen) atoms. The van der Waals surface area contributed by atoms with Gasteiger partial charge in [0.05, 0.1) is 11.3 Å². The minimum absolute atomic E-state index is 0.307. The third kappa shape index (κ3) is 3.48. The lowest BCUT2D eigenvalue weighted by Crippen LogP contribution is -2.39. The summed E-state index contributed by atoms with van der Waals surface area (Å²) in [6, 6.07) is 0.978. The Labute approximate surface area is 120 Å². The van der Waals surface area contributed by atoms with Gasteiger partial charge in [0, 0.05) is 19.2 Å². The Bertz CT molecular complexity index is 657. The van der Waals surface area contributed by atoms with Gasteiger partial charge in [-0.25, -0.2) is 13.6 Å². The summed E-state index contributed by atoms with van der Waals surface area (Å²) in [6.07, 6.45) is 2.31. The molecule has 1 aromatic rings. The van der Waals surface area contributed by atoms with Crippen molar-refractivity contribution in [2.24, 2.45) is 0 Å². The zero-order chi connectivity index (χ0) is 15.6. The zero-order valence-electron chi connectivity index (χ0n) is 11.0. The number of benzene rings is 1. The summed E-state index contributed by atoms with van der Waals surface area (Å²) < 4.78 is 53.7. The fourth-order valence-electron chi connectivity index (χ4n) is 2.12. The molecule has 1 heterocycles. The normalized spacial score (nSPS) is 16.7. The van der Waals surface area contributed by atoms with E-state index in [2.05, 4.69) is 0 Å². The number of hydrogen-bond donors (Lipinski definition) is 2. The Hall–Kier alpha value is -1.74. The maximum absolute atomic E-state index is 13.2. The van der Waals surface area contributed by atoms with Crippen LogP contribution in [0.2, 0.25) is 0 Å². The van der Waals surface area contributed by atoms with E-state index >= 15 is 0 Å². The van der Waals surface area contributed by atoms with Gasteiger partial charge < -0.3 is 5.11 Å². The molecular weight excluding hydrogens is 306 g/mol. The van der Waals surface area contributed by atoms with Gasteiger partial charge in [-0.3, -0.25) is 4.72 Å². The van der Waals surface area contributed by atoms with Crippen LogP contribution < -0.4 is 4.72 Å². The largest absolute Gasteiger partial charge is 0.478 e. The van der Waals surface area contributed by atoms with Crippen LogP contribution in [-0.4, -0.2) is 36.9 Å². The predicted molar refractivity (Wildman–Crippen MR) is 71.3 cm³/mol. The highest BCUT2D eigenvalue weighted by Gasteiger charge is 2.26. The van der Waals surface area contributed by atoms with Crippen LogP contribution in [0, 0.1) is 11.6 Å². The summed E-state index contributed by atoms with van der Waals surface area (Å²) in [5, 5.41) is 8.95. The number of halogens is 2. The van der Waals surface area contributed by atoms with E-state index in [-0.39, 0.29) is 0 Å². The molecule has 0 bridgehead atoms. The van der Waals surface area contributed by atoms with Crippen molar-refractivity contribution in [3.8, 4) is 0 Å². The zero-order valence-corrected chi connectivity index (χ0v) is 11.8. The lowest BCUT2D eigenvalue weighted by Gasteiger charge is -2.26. The molecule has 1 aromatic carbocycles. The highest BCUT2D eigenvalue weighted by atomic mass is 32.2. The molecule has 0 aliphatic carbocycles. The highest BCUT2D eigenvalue weighted by molar-refractivity contribution is 7.90. The van der Waals surface area contributed by atoms with E-state index in [0.29, 0.717) is 38.1 Å². The summed E-state index contributed by atoms with van der Waals surface area (Å²) in [7, 11) is -3.99. The van der Waals surface area contributed by atoms with Gasteiger partial charge in [0.15, 0.2) is 11.6 Å². The molecule has 0 amide bonds. The summed E-state index contributed by atoms with van der Waals surface area (Å²) in [4.78, 5) is 11.0. The van der Waals surface area contributed by atoms with Crippen LogP contribution in [0.4, 0.5) is 14.5 Å². The minimum Gasteiger partial charge on any atom is -0.478 e. The monoisotopic (exact) mass is 320 g/mol. The second-order valence-electron chi connectivity index (χ2n) is 4.68. The molecule has 0 atom stereocenters. The molecule has 0 radical (unpaired) electrons. The summed E-state index contributed by atoms with van der Waals surface area (Å²) in [5.41, 5.74) is -1.14. The smallest absolute Gasteiger partial charge is 0.337 e. The van der Waals surface area contributed by atoms with E-state index in [1.165, 1.54) is 0 Å².